The maximum Gasteiger partial charge on any atom is 0.246 e. The molecule has 0 aromatic carbocycles. The van der Waals surface area contributed by atoms with Crippen LogP contribution in [0.4, 0.5) is 5.95 Å². The molecule has 9 heteroatoms. The Morgan fingerprint density at radius 2 is 1.86 bits per heavy atom. The van der Waals surface area contributed by atoms with Crippen LogP contribution in [0.5, 0.6) is 0 Å². The van der Waals surface area contributed by atoms with Gasteiger partial charge in [0.05, 0.1) is 5.75 Å². The van der Waals surface area contributed by atoms with Crippen molar-refractivity contribution in [2.45, 2.75) is 6.92 Å². The molecule has 0 saturated carbocycles. The molecule has 1 fully saturated rings. The number of aromatic nitrogens is 2. The SMILES string of the molecule is CCS(=O)(=O)N1CCN(C(=O)C=Cc2cnc(N)nc2)CC1. The average molecular weight is 325 g/mol. The first-order chi connectivity index (χ1) is 10.4. The van der Waals surface area contributed by atoms with E-state index in [1.54, 1.807) is 17.9 Å². The Balaban J connectivity index is 1.91. The quantitative estimate of drug-likeness (QED) is 0.752. The summed E-state index contributed by atoms with van der Waals surface area (Å²) in [5.41, 5.74) is 6.06. The van der Waals surface area contributed by atoms with E-state index in [0.29, 0.717) is 31.7 Å². The Morgan fingerprint density at radius 3 is 2.41 bits per heavy atom. The highest BCUT2D eigenvalue weighted by molar-refractivity contribution is 7.89. The Labute approximate surface area is 129 Å². The van der Waals surface area contributed by atoms with Gasteiger partial charge in [0, 0.05) is 50.2 Å². The molecule has 22 heavy (non-hydrogen) atoms. The monoisotopic (exact) mass is 325 g/mol. The molecule has 1 aliphatic heterocycles. The highest BCUT2D eigenvalue weighted by atomic mass is 32.2. The number of piperazine rings is 1. The molecule has 2 rings (SSSR count). The molecule has 0 spiro atoms. The van der Waals surface area contributed by atoms with Crippen molar-refractivity contribution < 1.29 is 13.2 Å². The molecule has 1 aliphatic rings. The zero-order valence-corrected chi connectivity index (χ0v) is 13.2. The van der Waals surface area contributed by atoms with Crippen LogP contribution in [0.1, 0.15) is 12.5 Å². The standard InChI is InChI=1S/C13H19N5O3S/c1-2-22(20,21)18-7-5-17(6-8-18)12(19)4-3-11-9-15-13(14)16-10-11/h3-4,9-10H,2,5-8H2,1H3,(H2,14,15,16). The molecule has 1 aromatic rings. The molecule has 0 aliphatic carbocycles. The van der Waals surface area contributed by atoms with Gasteiger partial charge in [-0.3, -0.25) is 4.79 Å². The molecule has 2 heterocycles. The number of hydrogen-bond acceptors (Lipinski definition) is 6. The largest absolute Gasteiger partial charge is 0.368 e. The molecule has 2 N–H and O–H groups in total. The minimum absolute atomic E-state index is 0.0813. The third-order valence-electron chi connectivity index (χ3n) is 3.42. The lowest BCUT2D eigenvalue weighted by molar-refractivity contribution is -0.127. The highest BCUT2D eigenvalue weighted by Gasteiger charge is 2.26. The van der Waals surface area contributed by atoms with Crippen molar-refractivity contribution in [3.8, 4) is 0 Å². The van der Waals surface area contributed by atoms with E-state index in [-0.39, 0.29) is 17.6 Å². The van der Waals surface area contributed by atoms with Gasteiger partial charge in [0.1, 0.15) is 0 Å². The summed E-state index contributed by atoms with van der Waals surface area (Å²) >= 11 is 0. The fraction of sp³-hybridized carbons (Fsp3) is 0.462. The van der Waals surface area contributed by atoms with E-state index < -0.39 is 10.0 Å². The predicted octanol–water partition coefficient (Wildman–Crippen LogP) is -0.434. The Morgan fingerprint density at radius 1 is 1.27 bits per heavy atom. The number of nitrogens with zero attached hydrogens (tertiary/aromatic N) is 4. The topological polar surface area (TPSA) is 109 Å². The Hall–Kier alpha value is -2.00. The Bertz CT molecular complexity index is 649. The summed E-state index contributed by atoms with van der Waals surface area (Å²) in [6, 6.07) is 0. The van der Waals surface area contributed by atoms with Gasteiger partial charge in [0.15, 0.2) is 0 Å². The second-order valence-corrected chi connectivity index (χ2v) is 7.09. The third-order valence-corrected chi connectivity index (χ3v) is 5.30. The fourth-order valence-corrected chi connectivity index (χ4v) is 3.16. The van der Waals surface area contributed by atoms with Gasteiger partial charge in [0.2, 0.25) is 21.9 Å². The lowest BCUT2D eigenvalue weighted by atomic mass is 10.3. The van der Waals surface area contributed by atoms with Crippen LogP contribution in [0.3, 0.4) is 0 Å². The number of carbonyl (C=O) groups excluding carboxylic acids is 1. The van der Waals surface area contributed by atoms with E-state index in [1.165, 1.54) is 22.8 Å². The number of amides is 1. The van der Waals surface area contributed by atoms with E-state index in [0.717, 1.165) is 0 Å². The number of carbonyl (C=O) groups is 1. The van der Waals surface area contributed by atoms with E-state index in [9.17, 15) is 13.2 Å². The summed E-state index contributed by atoms with van der Waals surface area (Å²) in [5, 5.41) is 0. The maximum absolute atomic E-state index is 12.1. The lowest BCUT2D eigenvalue weighted by Gasteiger charge is -2.33. The van der Waals surface area contributed by atoms with Crippen LogP contribution in [0.15, 0.2) is 18.5 Å². The van der Waals surface area contributed by atoms with Crippen LogP contribution >= 0.6 is 0 Å². The summed E-state index contributed by atoms with van der Waals surface area (Å²) in [5.74, 6) is 0.0972. The summed E-state index contributed by atoms with van der Waals surface area (Å²) in [4.78, 5) is 21.4. The number of nitrogens with two attached hydrogens (primary N) is 1. The lowest BCUT2D eigenvalue weighted by Crippen LogP contribution is -2.50. The van der Waals surface area contributed by atoms with Crippen molar-refractivity contribution in [1.29, 1.82) is 0 Å². The van der Waals surface area contributed by atoms with E-state index in [4.69, 9.17) is 5.73 Å². The molecule has 0 radical (unpaired) electrons. The van der Waals surface area contributed by atoms with Crippen molar-refractivity contribution in [3.63, 3.8) is 0 Å². The summed E-state index contributed by atoms with van der Waals surface area (Å²) in [6.07, 6.45) is 6.09. The van der Waals surface area contributed by atoms with Crippen LogP contribution in [-0.4, -0.2) is 65.4 Å². The maximum atomic E-state index is 12.1. The van der Waals surface area contributed by atoms with Crippen LogP contribution in [0, 0.1) is 0 Å². The number of nitrogen functional groups attached to an aromatic ring is 1. The third kappa shape index (κ3) is 4.01. The molecule has 1 amide bonds. The average Bonchev–Trinajstić information content (AvgIpc) is 2.54. The van der Waals surface area contributed by atoms with Crippen LogP contribution in [0.25, 0.3) is 6.08 Å². The van der Waals surface area contributed by atoms with Gasteiger partial charge in [-0.05, 0) is 13.0 Å². The molecule has 120 valence electrons. The molecule has 0 unspecified atom stereocenters. The van der Waals surface area contributed by atoms with Gasteiger partial charge in [-0.1, -0.05) is 0 Å². The van der Waals surface area contributed by atoms with Crippen molar-refractivity contribution >= 4 is 28.0 Å². The molecule has 0 atom stereocenters. The van der Waals surface area contributed by atoms with Crippen molar-refractivity contribution in [3.05, 3.63) is 24.0 Å². The van der Waals surface area contributed by atoms with Crippen LogP contribution in [-0.2, 0) is 14.8 Å². The first-order valence-electron chi connectivity index (χ1n) is 6.94. The highest BCUT2D eigenvalue weighted by Crippen LogP contribution is 2.09. The molecule has 1 aromatic heterocycles. The van der Waals surface area contributed by atoms with E-state index in [1.807, 2.05) is 0 Å². The van der Waals surface area contributed by atoms with Gasteiger partial charge < -0.3 is 10.6 Å². The first-order valence-corrected chi connectivity index (χ1v) is 8.55. The molecular formula is C13H19N5O3S. The minimum Gasteiger partial charge on any atom is -0.368 e. The molecule has 1 saturated heterocycles. The summed E-state index contributed by atoms with van der Waals surface area (Å²) in [6.45, 7) is 3.06. The first kappa shape index (κ1) is 16.4. The summed E-state index contributed by atoms with van der Waals surface area (Å²) in [7, 11) is -3.18. The summed E-state index contributed by atoms with van der Waals surface area (Å²) < 4.78 is 24.9. The van der Waals surface area contributed by atoms with Gasteiger partial charge in [-0.2, -0.15) is 4.31 Å². The second-order valence-electron chi connectivity index (χ2n) is 4.83. The number of hydrogen-bond donors (Lipinski definition) is 1. The van der Waals surface area contributed by atoms with Gasteiger partial charge in [0.25, 0.3) is 0 Å². The van der Waals surface area contributed by atoms with Gasteiger partial charge in [-0.15, -0.1) is 0 Å². The van der Waals surface area contributed by atoms with Crippen molar-refractivity contribution in [2.24, 2.45) is 0 Å². The van der Waals surface area contributed by atoms with Crippen LogP contribution in [0.2, 0.25) is 0 Å². The zero-order chi connectivity index (χ0) is 16.2. The predicted molar refractivity (Wildman–Crippen MR) is 83.1 cm³/mol. The number of rotatable bonds is 4. The fourth-order valence-electron chi connectivity index (χ4n) is 2.08. The van der Waals surface area contributed by atoms with Gasteiger partial charge in [-0.25, -0.2) is 18.4 Å². The second kappa shape index (κ2) is 6.84. The molecular weight excluding hydrogens is 306 g/mol. The van der Waals surface area contributed by atoms with Gasteiger partial charge >= 0.3 is 0 Å². The van der Waals surface area contributed by atoms with Crippen molar-refractivity contribution in [1.82, 2.24) is 19.2 Å². The zero-order valence-electron chi connectivity index (χ0n) is 12.3. The van der Waals surface area contributed by atoms with E-state index in [2.05, 4.69) is 9.97 Å². The normalized spacial score (nSPS) is 17.0. The van der Waals surface area contributed by atoms with Crippen LogP contribution < -0.4 is 5.73 Å². The van der Waals surface area contributed by atoms with E-state index >= 15 is 0 Å². The Kier molecular flexibility index (Phi) is 5.09. The number of sulfonamides is 1. The molecule has 0 bridgehead atoms. The number of anilines is 1. The smallest absolute Gasteiger partial charge is 0.246 e. The molecule has 8 nitrogen and oxygen atoms in total. The minimum atomic E-state index is -3.18. The van der Waals surface area contributed by atoms with Crippen molar-refractivity contribution in [2.75, 3.05) is 37.7 Å².